The van der Waals surface area contributed by atoms with Crippen LogP contribution in [0.5, 0.6) is 0 Å². The molecule has 0 spiro atoms. The molecule has 2 amide bonds. The first-order valence-corrected chi connectivity index (χ1v) is 9.89. The lowest BCUT2D eigenvalue weighted by Gasteiger charge is -2.31. The fourth-order valence-electron chi connectivity index (χ4n) is 3.76. The summed E-state index contributed by atoms with van der Waals surface area (Å²) in [5.74, 6) is -2.20. The monoisotopic (exact) mass is 430 g/mol. The van der Waals surface area contributed by atoms with Crippen molar-refractivity contribution in [2.75, 3.05) is 6.54 Å². The molecule has 0 saturated carbocycles. The lowest BCUT2D eigenvalue weighted by molar-refractivity contribution is -0.134. The second-order valence-electron chi connectivity index (χ2n) is 7.53. The molecule has 2 aromatic rings. The molecular formula is C22H21F3N4O2. The summed E-state index contributed by atoms with van der Waals surface area (Å²) in [6.45, 7) is 0.182. The molecule has 2 aromatic carbocycles. The van der Waals surface area contributed by atoms with Crippen molar-refractivity contribution in [2.45, 2.75) is 31.5 Å². The minimum absolute atomic E-state index is 0.00300. The Morgan fingerprint density at radius 1 is 1.03 bits per heavy atom. The van der Waals surface area contributed by atoms with Gasteiger partial charge in [0.25, 0.3) is 5.91 Å². The summed E-state index contributed by atoms with van der Waals surface area (Å²) in [5.41, 5.74) is 4.43. The Labute approximate surface area is 177 Å². The van der Waals surface area contributed by atoms with E-state index in [1.54, 1.807) is 29.5 Å². The second-order valence-corrected chi connectivity index (χ2v) is 7.53. The predicted molar refractivity (Wildman–Crippen MR) is 106 cm³/mol. The average molecular weight is 430 g/mol. The van der Waals surface area contributed by atoms with E-state index in [-0.39, 0.29) is 43.2 Å². The molecule has 2 heterocycles. The van der Waals surface area contributed by atoms with Gasteiger partial charge in [-0.15, -0.1) is 0 Å². The van der Waals surface area contributed by atoms with Crippen LogP contribution in [0.4, 0.5) is 13.2 Å². The van der Waals surface area contributed by atoms with E-state index in [4.69, 9.17) is 0 Å². The van der Waals surface area contributed by atoms with Gasteiger partial charge in [0, 0.05) is 38.0 Å². The number of hydrazine groups is 1. The number of nitrogens with zero attached hydrogens (tertiary/aromatic N) is 2. The van der Waals surface area contributed by atoms with Crippen molar-refractivity contribution in [3.05, 3.63) is 83.4 Å². The van der Waals surface area contributed by atoms with Crippen LogP contribution in [-0.2, 0) is 16.1 Å². The lowest BCUT2D eigenvalue weighted by atomic mass is 10.0. The second kappa shape index (κ2) is 8.81. The fraction of sp³-hybridized carbons (Fsp3) is 0.273. The summed E-state index contributed by atoms with van der Waals surface area (Å²) in [6.07, 6.45) is 3.91. The maximum absolute atomic E-state index is 13.2. The predicted octanol–water partition coefficient (Wildman–Crippen LogP) is 2.74. The van der Waals surface area contributed by atoms with Crippen molar-refractivity contribution in [1.29, 1.82) is 0 Å². The maximum atomic E-state index is 13.2. The minimum atomic E-state index is -0.707. The van der Waals surface area contributed by atoms with E-state index in [0.29, 0.717) is 12.0 Å². The number of amides is 2. The number of carbonyl (C=O) groups is 2. The van der Waals surface area contributed by atoms with Gasteiger partial charge in [-0.05, 0) is 41.8 Å². The van der Waals surface area contributed by atoms with E-state index >= 15 is 0 Å². The van der Waals surface area contributed by atoms with Crippen LogP contribution in [0.3, 0.4) is 0 Å². The number of benzene rings is 2. The minimum Gasteiger partial charge on any atom is -0.352 e. The van der Waals surface area contributed by atoms with Crippen LogP contribution >= 0.6 is 0 Å². The topological polar surface area (TPSA) is 64.7 Å². The average Bonchev–Trinajstić information content (AvgIpc) is 3.17. The normalized spacial score (nSPS) is 20.2. The number of carbonyl (C=O) groups excluding carboxylic acids is 2. The van der Waals surface area contributed by atoms with Gasteiger partial charge >= 0.3 is 0 Å². The molecule has 9 heteroatoms. The van der Waals surface area contributed by atoms with E-state index in [9.17, 15) is 22.8 Å². The molecule has 0 radical (unpaired) electrons. The van der Waals surface area contributed by atoms with E-state index in [1.807, 2.05) is 0 Å². The van der Waals surface area contributed by atoms with Crippen molar-refractivity contribution >= 4 is 11.8 Å². The standard InChI is InChI=1S/C22H21F3N4O2/c23-16-3-1-15(2-4-16)19-12-20-22(31)28(7-8-29(20)27-19)6-5-21(30)26-13-14-9-17(24)11-18(25)10-14/h1-4,7-11,19-20,27H,5-6,12-13H2,(H,26,30). The first kappa shape index (κ1) is 20.9. The highest BCUT2D eigenvalue weighted by molar-refractivity contribution is 5.85. The van der Waals surface area contributed by atoms with Crippen LogP contribution < -0.4 is 10.7 Å². The summed E-state index contributed by atoms with van der Waals surface area (Å²) in [7, 11) is 0. The smallest absolute Gasteiger partial charge is 0.250 e. The van der Waals surface area contributed by atoms with Crippen LogP contribution in [0, 0.1) is 17.5 Å². The van der Waals surface area contributed by atoms with Crippen molar-refractivity contribution in [1.82, 2.24) is 20.7 Å². The summed E-state index contributed by atoms with van der Waals surface area (Å²) in [5, 5.41) is 4.33. The highest BCUT2D eigenvalue weighted by Crippen LogP contribution is 2.30. The molecule has 162 valence electrons. The van der Waals surface area contributed by atoms with Gasteiger partial charge in [0.2, 0.25) is 5.91 Å². The Hall–Kier alpha value is -3.33. The Morgan fingerprint density at radius 3 is 2.45 bits per heavy atom. The van der Waals surface area contributed by atoms with E-state index in [1.165, 1.54) is 17.0 Å². The van der Waals surface area contributed by atoms with Gasteiger partial charge in [0.15, 0.2) is 0 Å². The third-order valence-electron chi connectivity index (χ3n) is 5.34. The van der Waals surface area contributed by atoms with E-state index in [2.05, 4.69) is 10.7 Å². The van der Waals surface area contributed by atoms with Crippen LogP contribution in [0.25, 0.3) is 0 Å². The molecule has 0 bridgehead atoms. The van der Waals surface area contributed by atoms with Crippen LogP contribution in [0.2, 0.25) is 0 Å². The fourth-order valence-corrected chi connectivity index (χ4v) is 3.76. The largest absolute Gasteiger partial charge is 0.352 e. The zero-order chi connectivity index (χ0) is 22.0. The summed E-state index contributed by atoms with van der Waals surface area (Å²) >= 11 is 0. The van der Waals surface area contributed by atoms with E-state index in [0.717, 1.165) is 23.8 Å². The molecule has 4 rings (SSSR count). The van der Waals surface area contributed by atoms with Crippen molar-refractivity contribution in [2.24, 2.45) is 0 Å². The molecule has 0 aliphatic carbocycles. The number of fused-ring (bicyclic) bond motifs is 1. The Morgan fingerprint density at radius 2 is 1.74 bits per heavy atom. The number of halogens is 3. The number of nitrogens with one attached hydrogen (secondary N) is 2. The molecule has 2 aliphatic heterocycles. The van der Waals surface area contributed by atoms with Gasteiger partial charge in [-0.1, -0.05) is 12.1 Å². The van der Waals surface area contributed by atoms with Gasteiger partial charge in [-0.3, -0.25) is 9.59 Å². The molecule has 0 aromatic heterocycles. The quantitative estimate of drug-likeness (QED) is 0.740. The van der Waals surface area contributed by atoms with Crippen molar-refractivity contribution < 1.29 is 22.8 Å². The zero-order valence-electron chi connectivity index (χ0n) is 16.5. The molecule has 1 fully saturated rings. The molecule has 6 nitrogen and oxygen atoms in total. The number of hydrogen-bond acceptors (Lipinski definition) is 4. The van der Waals surface area contributed by atoms with Gasteiger partial charge in [0.05, 0.1) is 6.04 Å². The van der Waals surface area contributed by atoms with Crippen LogP contribution in [-0.4, -0.2) is 34.3 Å². The molecule has 2 aliphatic rings. The Kier molecular flexibility index (Phi) is 5.94. The van der Waals surface area contributed by atoms with Crippen LogP contribution in [0.1, 0.15) is 30.0 Å². The Bertz CT molecular complexity index is 992. The van der Waals surface area contributed by atoms with E-state index < -0.39 is 17.7 Å². The number of hydrogen-bond donors (Lipinski definition) is 2. The molecule has 2 atom stereocenters. The lowest BCUT2D eigenvalue weighted by Crippen LogP contribution is -2.48. The van der Waals surface area contributed by atoms with Gasteiger partial charge in [-0.25, -0.2) is 18.6 Å². The molecule has 31 heavy (non-hydrogen) atoms. The van der Waals surface area contributed by atoms with Crippen molar-refractivity contribution in [3.8, 4) is 0 Å². The first-order valence-electron chi connectivity index (χ1n) is 9.89. The van der Waals surface area contributed by atoms with Gasteiger partial charge in [-0.2, -0.15) is 0 Å². The third-order valence-corrected chi connectivity index (χ3v) is 5.34. The van der Waals surface area contributed by atoms with Crippen LogP contribution in [0.15, 0.2) is 54.9 Å². The molecular weight excluding hydrogens is 409 g/mol. The number of rotatable bonds is 6. The summed E-state index contributed by atoms with van der Waals surface area (Å²) < 4.78 is 39.6. The van der Waals surface area contributed by atoms with Gasteiger partial charge < -0.3 is 15.2 Å². The maximum Gasteiger partial charge on any atom is 0.250 e. The highest BCUT2D eigenvalue weighted by Gasteiger charge is 2.39. The SMILES string of the molecule is O=C(CCN1C=CN2NC(c3ccc(F)cc3)CC2C1=O)NCc1cc(F)cc(F)c1. The summed E-state index contributed by atoms with van der Waals surface area (Å²) in [6, 6.07) is 8.68. The zero-order valence-corrected chi connectivity index (χ0v) is 16.5. The van der Waals surface area contributed by atoms with Crippen molar-refractivity contribution in [3.63, 3.8) is 0 Å². The molecule has 2 unspecified atom stereocenters. The molecule has 2 N–H and O–H groups in total. The third kappa shape index (κ3) is 4.88. The Balaban J connectivity index is 1.28. The van der Waals surface area contributed by atoms with Gasteiger partial charge in [0.1, 0.15) is 23.5 Å². The molecule has 1 saturated heterocycles. The summed E-state index contributed by atoms with van der Waals surface area (Å²) in [4.78, 5) is 26.4. The highest BCUT2D eigenvalue weighted by atomic mass is 19.1. The first-order chi connectivity index (χ1) is 14.9.